The molecule has 144 valence electrons. The summed E-state index contributed by atoms with van der Waals surface area (Å²) >= 11 is 0. The van der Waals surface area contributed by atoms with Crippen molar-refractivity contribution in [3.8, 4) is 0 Å². The molecule has 0 saturated carbocycles. The van der Waals surface area contributed by atoms with Gasteiger partial charge in [0.1, 0.15) is 0 Å². The minimum atomic E-state index is 0.967. The first-order valence-corrected chi connectivity index (χ1v) is 9.75. The van der Waals surface area contributed by atoms with Gasteiger partial charge in [0, 0.05) is 13.1 Å². The Morgan fingerprint density at radius 2 is 1.67 bits per heavy atom. The Kier molecular flexibility index (Phi) is 10.8. The number of benzene rings is 2. The highest BCUT2D eigenvalue weighted by Crippen LogP contribution is 2.14. The Labute approximate surface area is 166 Å². The number of rotatable bonds is 8. The Morgan fingerprint density at radius 1 is 0.963 bits per heavy atom. The third kappa shape index (κ3) is 8.23. The molecule has 0 bridgehead atoms. The second-order valence-electron chi connectivity index (χ2n) is 6.81. The van der Waals surface area contributed by atoms with Crippen LogP contribution in [0.3, 0.4) is 0 Å². The van der Waals surface area contributed by atoms with Crippen molar-refractivity contribution in [2.45, 2.75) is 33.6 Å². The van der Waals surface area contributed by atoms with Crippen LogP contribution < -0.4 is 0 Å². The molecule has 0 N–H and O–H groups in total. The van der Waals surface area contributed by atoms with Crippen molar-refractivity contribution < 1.29 is 0 Å². The first kappa shape index (κ1) is 22.7. The summed E-state index contributed by atoms with van der Waals surface area (Å²) in [6, 6.07) is 15.0. The molecule has 0 amide bonds. The lowest BCUT2D eigenvalue weighted by Crippen LogP contribution is -2.21. The molecule has 27 heavy (non-hydrogen) atoms. The van der Waals surface area contributed by atoms with Crippen LogP contribution in [-0.2, 0) is 12.8 Å². The van der Waals surface area contributed by atoms with Gasteiger partial charge in [-0.3, -0.25) is 0 Å². The maximum absolute atomic E-state index is 3.75. The summed E-state index contributed by atoms with van der Waals surface area (Å²) in [6.07, 6.45) is 10.0. The summed E-state index contributed by atoms with van der Waals surface area (Å²) in [5.74, 6) is 0. The fraction of sp³-hybridized carbons (Fsp3) is 0.308. The lowest BCUT2D eigenvalue weighted by Gasteiger charge is -2.15. The van der Waals surface area contributed by atoms with E-state index in [-0.39, 0.29) is 0 Å². The van der Waals surface area contributed by atoms with E-state index < -0.39 is 0 Å². The summed E-state index contributed by atoms with van der Waals surface area (Å²) in [4.78, 5) is 2.29. The number of aryl methyl sites for hydroxylation is 2. The Morgan fingerprint density at radius 3 is 2.30 bits per heavy atom. The summed E-state index contributed by atoms with van der Waals surface area (Å²) in [5, 5.41) is 0. The first-order chi connectivity index (χ1) is 13.0. The number of hydrogen-bond donors (Lipinski definition) is 0. The Hall–Kier alpha value is -2.38. The van der Waals surface area contributed by atoms with Crippen LogP contribution in [0, 0.1) is 13.8 Å². The second-order valence-corrected chi connectivity index (χ2v) is 6.81. The summed E-state index contributed by atoms with van der Waals surface area (Å²) in [6.45, 7) is 15.9. The van der Waals surface area contributed by atoms with Gasteiger partial charge in [0.05, 0.1) is 0 Å². The quantitative estimate of drug-likeness (QED) is 0.388. The number of allylic oxidation sites excluding steroid dienone is 2. The summed E-state index contributed by atoms with van der Waals surface area (Å²) in [5.41, 5.74) is 6.91. The lowest BCUT2D eigenvalue weighted by atomic mass is 10.0. The van der Waals surface area contributed by atoms with Crippen molar-refractivity contribution in [3.05, 3.63) is 102 Å². The normalized spacial score (nSPS) is 10.6. The lowest BCUT2D eigenvalue weighted by molar-refractivity contribution is 0.375. The molecule has 0 aliphatic rings. The molecule has 0 heterocycles. The predicted octanol–water partition coefficient (Wildman–Crippen LogP) is 6.41. The fourth-order valence-electron chi connectivity index (χ4n) is 2.90. The first-order valence-electron chi connectivity index (χ1n) is 9.75. The van der Waals surface area contributed by atoms with E-state index >= 15 is 0 Å². The SMILES string of the molecule is C=C/C=C\c1cccc(C)c1C.C=CCN(C)CCc1ccccc1CC. The Bertz CT molecular complexity index is 740. The van der Waals surface area contributed by atoms with Crippen LogP contribution in [0.2, 0.25) is 0 Å². The Balaban J connectivity index is 0.000000277. The smallest absolute Gasteiger partial charge is 0.0157 e. The zero-order chi connectivity index (χ0) is 20.1. The minimum absolute atomic E-state index is 0.967. The highest BCUT2D eigenvalue weighted by Gasteiger charge is 2.01. The highest BCUT2D eigenvalue weighted by molar-refractivity contribution is 5.56. The van der Waals surface area contributed by atoms with Gasteiger partial charge in [-0.25, -0.2) is 0 Å². The van der Waals surface area contributed by atoms with Gasteiger partial charge in [0.15, 0.2) is 0 Å². The number of hydrogen-bond acceptors (Lipinski definition) is 1. The van der Waals surface area contributed by atoms with Gasteiger partial charge in [-0.1, -0.05) is 80.3 Å². The van der Waals surface area contributed by atoms with Crippen molar-refractivity contribution in [2.75, 3.05) is 20.1 Å². The highest BCUT2D eigenvalue weighted by atomic mass is 15.1. The molecule has 0 radical (unpaired) electrons. The van der Waals surface area contributed by atoms with E-state index in [0.29, 0.717) is 0 Å². The molecular formula is C26H35N. The maximum atomic E-state index is 3.75. The van der Waals surface area contributed by atoms with Gasteiger partial charge < -0.3 is 4.90 Å². The molecule has 0 unspecified atom stereocenters. The average molecular weight is 362 g/mol. The monoisotopic (exact) mass is 361 g/mol. The second kappa shape index (κ2) is 12.9. The topological polar surface area (TPSA) is 3.24 Å². The van der Waals surface area contributed by atoms with Crippen LogP contribution in [0.25, 0.3) is 6.08 Å². The van der Waals surface area contributed by atoms with E-state index in [2.05, 4.69) is 94.4 Å². The predicted molar refractivity (Wildman–Crippen MR) is 122 cm³/mol. The van der Waals surface area contributed by atoms with E-state index in [9.17, 15) is 0 Å². The average Bonchev–Trinajstić information content (AvgIpc) is 2.68. The molecule has 1 nitrogen and oxygen atoms in total. The van der Waals surface area contributed by atoms with Gasteiger partial charge in [-0.15, -0.1) is 6.58 Å². The number of likely N-dealkylation sites (N-methyl/N-ethyl adjacent to an activating group) is 1. The zero-order valence-corrected chi connectivity index (χ0v) is 17.5. The van der Waals surface area contributed by atoms with Gasteiger partial charge in [0.25, 0.3) is 0 Å². The molecule has 2 aromatic rings. The van der Waals surface area contributed by atoms with Crippen molar-refractivity contribution in [2.24, 2.45) is 0 Å². The van der Waals surface area contributed by atoms with Crippen LogP contribution in [0.5, 0.6) is 0 Å². The van der Waals surface area contributed by atoms with Crippen LogP contribution in [0.1, 0.15) is 34.7 Å². The molecular weight excluding hydrogens is 326 g/mol. The van der Waals surface area contributed by atoms with Crippen LogP contribution in [-0.4, -0.2) is 25.0 Å². The molecule has 0 spiro atoms. The largest absolute Gasteiger partial charge is 0.302 e. The van der Waals surface area contributed by atoms with E-state index in [4.69, 9.17) is 0 Å². The molecule has 0 aliphatic heterocycles. The summed E-state index contributed by atoms with van der Waals surface area (Å²) < 4.78 is 0. The van der Waals surface area contributed by atoms with E-state index in [1.54, 1.807) is 6.08 Å². The van der Waals surface area contributed by atoms with Crippen molar-refractivity contribution in [3.63, 3.8) is 0 Å². The molecule has 0 saturated heterocycles. The molecule has 1 heteroatoms. The van der Waals surface area contributed by atoms with E-state index in [1.165, 1.54) is 27.8 Å². The molecule has 0 atom stereocenters. The molecule has 2 aromatic carbocycles. The fourth-order valence-corrected chi connectivity index (χ4v) is 2.90. The third-order valence-corrected chi connectivity index (χ3v) is 4.76. The summed E-state index contributed by atoms with van der Waals surface area (Å²) in [7, 11) is 2.14. The van der Waals surface area contributed by atoms with E-state index in [1.807, 2.05) is 12.2 Å². The third-order valence-electron chi connectivity index (χ3n) is 4.76. The van der Waals surface area contributed by atoms with Gasteiger partial charge in [-0.2, -0.15) is 0 Å². The van der Waals surface area contributed by atoms with Gasteiger partial charge >= 0.3 is 0 Å². The number of nitrogens with zero attached hydrogens (tertiary/aromatic N) is 1. The zero-order valence-electron chi connectivity index (χ0n) is 17.5. The maximum Gasteiger partial charge on any atom is 0.0157 e. The van der Waals surface area contributed by atoms with Gasteiger partial charge in [-0.05, 0) is 61.6 Å². The molecule has 0 aliphatic carbocycles. The minimum Gasteiger partial charge on any atom is -0.302 e. The standard InChI is InChI=1S/C14H21N.C12H14/c1-4-11-15(3)12-10-14-9-7-6-8-13(14)5-2;1-4-5-8-12-9-6-7-10(2)11(12)3/h4,6-9H,1,5,10-12H2,2-3H3;4-9H,1H2,2-3H3/b;8-5-. The van der Waals surface area contributed by atoms with Crippen molar-refractivity contribution >= 4 is 6.08 Å². The van der Waals surface area contributed by atoms with Crippen molar-refractivity contribution in [1.29, 1.82) is 0 Å². The molecule has 0 fully saturated rings. The van der Waals surface area contributed by atoms with Crippen LogP contribution >= 0.6 is 0 Å². The van der Waals surface area contributed by atoms with Crippen LogP contribution in [0.15, 0.2) is 73.9 Å². The van der Waals surface area contributed by atoms with Gasteiger partial charge in [0.2, 0.25) is 0 Å². The molecule has 2 rings (SSSR count). The molecule has 0 aromatic heterocycles. The van der Waals surface area contributed by atoms with Crippen molar-refractivity contribution in [1.82, 2.24) is 4.90 Å². The van der Waals surface area contributed by atoms with E-state index in [0.717, 1.165) is 25.9 Å². The van der Waals surface area contributed by atoms with Crippen LogP contribution in [0.4, 0.5) is 0 Å².